The topological polar surface area (TPSA) is 272 Å². The van der Waals surface area contributed by atoms with Crippen LogP contribution >= 0.6 is 22.6 Å². The molecule has 0 spiro atoms. The predicted octanol–water partition coefficient (Wildman–Crippen LogP) is -2.07. The van der Waals surface area contributed by atoms with E-state index in [-0.39, 0.29) is 29.9 Å². The van der Waals surface area contributed by atoms with Gasteiger partial charge in [0.05, 0.1) is 35.7 Å². The van der Waals surface area contributed by atoms with Gasteiger partial charge in [0.1, 0.15) is 18.1 Å². The van der Waals surface area contributed by atoms with Gasteiger partial charge in [-0.1, -0.05) is 0 Å². The molecule has 3 atom stereocenters. The van der Waals surface area contributed by atoms with Crippen molar-refractivity contribution in [3.63, 3.8) is 0 Å². The van der Waals surface area contributed by atoms with E-state index in [1.54, 1.807) is 0 Å². The summed E-state index contributed by atoms with van der Waals surface area (Å²) in [6.45, 7) is -1.30. The van der Waals surface area contributed by atoms with E-state index in [0.717, 1.165) is 6.07 Å². The van der Waals surface area contributed by atoms with E-state index in [1.807, 2.05) is 22.6 Å². The van der Waals surface area contributed by atoms with Gasteiger partial charge in [-0.25, -0.2) is 0 Å². The smallest absolute Gasteiger partial charge is 0.305 e. The van der Waals surface area contributed by atoms with Crippen LogP contribution in [0.4, 0.5) is 11.4 Å². The number of rotatable bonds is 7. The minimum Gasteiger partial charge on any atom is -0.481 e. The highest BCUT2D eigenvalue weighted by Gasteiger charge is 2.29. The van der Waals surface area contributed by atoms with E-state index in [4.69, 9.17) is 10.8 Å². The molecule has 1 aliphatic heterocycles. The number of nitrogens with zero attached hydrogens (tertiary/aromatic N) is 1. The van der Waals surface area contributed by atoms with Crippen molar-refractivity contribution in [3.8, 4) is 0 Å². The highest BCUT2D eigenvalue weighted by Crippen LogP contribution is 2.29. The molecule has 0 fully saturated rings. The van der Waals surface area contributed by atoms with Crippen LogP contribution in [0.15, 0.2) is 12.1 Å². The monoisotopic (exact) mass is 677 g/mol. The zero-order chi connectivity index (χ0) is 30.0. The second kappa shape index (κ2) is 14.9. The molecular weight excluding hydrogens is 649 g/mol. The first-order valence-electron chi connectivity index (χ1n) is 11.9. The highest BCUT2D eigenvalue weighted by molar-refractivity contribution is 14.1. The van der Waals surface area contributed by atoms with Gasteiger partial charge in [0.15, 0.2) is 0 Å². The summed E-state index contributed by atoms with van der Waals surface area (Å²) < 4.78 is 0.337. The molecule has 0 bridgehead atoms. The summed E-state index contributed by atoms with van der Waals surface area (Å²) in [6, 6.07) is -2.01. The number of carboxylic acids is 1. The van der Waals surface area contributed by atoms with Crippen molar-refractivity contribution >= 4 is 69.5 Å². The van der Waals surface area contributed by atoms with Crippen molar-refractivity contribution < 1.29 is 43.9 Å². The fourth-order valence-electron chi connectivity index (χ4n) is 3.65. The molecule has 218 valence electrons. The lowest BCUT2D eigenvalue weighted by atomic mass is 10.1. The van der Waals surface area contributed by atoms with Crippen LogP contribution < -0.4 is 32.3 Å². The predicted molar refractivity (Wildman–Crippen MR) is 145 cm³/mol. The van der Waals surface area contributed by atoms with E-state index < -0.39 is 78.1 Å². The average molecular weight is 677 g/mol. The molecule has 0 aliphatic carbocycles. The molecule has 17 nitrogen and oxygen atoms in total. The largest absolute Gasteiger partial charge is 0.481 e. The van der Waals surface area contributed by atoms with Gasteiger partial charge < -0.3 is 42.5 Å². The third-order valence-electron chi connectivity index (χ3n) is 5.67. The number of carbonyl (C=O) groups excluding carboxylic acids is 5. The molecule has 18 heteroatoms. The van der Waals surface area contributed by atoms with Gasteiger partial charge >= 0.3 is 5.97 Å². The number of halogens is 1. The van der Waals surface area contributed by atoms with Gasteiger partial charge in [0.2, 0.25) is 23.6 Å². The average Bonchev–Trinajstić information content (AvgIpc) is 2.88. The number of nitrogens with two attached hydrogens (primary N) is 1. The lowest BCUT2D eigenvalue weighted by Gasteiger charge is -2.22. The Morgan fingerprint density at radius 2 is 1.88 bits per heavy atom. The number of aliphatic hydroxyl groups excluding tert-OH is 1. The number of amides is 5. The van der Waals surface area contributed by atoms with Crippen LogP contribution in [0.3, 0.4) is 0 Å². The number of primary amides is 1. The molecule has 9 N–H and O–H groups in total. The number of hydrogen-bond donors (Lipinski definition) is 8. The molecule has 1 unspecified atom stereocenters. The van der Waals surface area contributed by atoms with E-state index in [2.05, 4.69) is 26.6 Å². The van der Waals surface area contributed by atoms with Gasteiger partial charge in [0.25, 0.3) is 11.6 Å². The van der Waals surface area contributed by atoms with Crippen LogP contribution in [-0.4, -0.2) is 88.5 Å². The number of aliphatic carboxylic acids is 1. The molecule has 0 aromatic heterocycles. The molecule has 0 saturated carbocycles. The van der Waals surface area contributed by atoms with Crippen molar-refractivity contribution in [2.75, 3.05) is 25.0 Å². The first kappa shape index (κ1) is 32.1. The van der Waals surface area contributed by atoms with E-state index >= 15 is 0 Å². The van der Waals surface area contributed by atoms with Crippen molar-refractivity contribution in [3.05, 3.63) is 31.4 Å². The maximum Gasteiger partial charge on any atom is 0.305 e. The molecule has 5 amide bonds. The Labute approximate surface area is 240 Å². The lowest BCUT2D eigenvalue weighted by molar-refractivity contribution is -0.385. The fraction of sp³-hybridized carbons (Fsp3) is 0.455. The summed E-state index contributed by atoms with van der Waals surface area (Å²) in [5.41, 5.74) is 4.89. The molecular formula is C22H28IN7O10. The van der Waals surface area contributed by atoms with Gasteiger partial charge in [0, 0.05) is 22.2 Å². The minimum atomic E-state index is -1.53. The number of carboxylic acid groups (broad SMARTS) is 1. The van der Waals surface area contributed by atoms with Crippen LogP contribution in [0.1, 0.15) is 36.0 Å². The molecule has 1 aromatic carbocycles. The Morgan fingerprint density at radius 3 is 2.48 bits per heavy atom. The molecule has 0 saturated heterocycles. The maximum atomic E-state index is 13.0. The Morgan fingerprint density at radius 1 is 1.18 bits per heavy atom. The van der Waals surface area contributed by atoms with E-state index in [0.29, 0.717) is 16.4 Å². The Hall–Kier alpha value is -4.07. The third-order valence-corrected chi connectivity index (χ3v) is 6.52. The standard InChI is InChI=1S/C22H28IN7O10/c23-12-6-10(30(39)40)5-11-18(12)25-4-2-1-3-13(22(38)28-14(19(24)35)7-17(33)34)27-16(32)8-26-21(37)15(9-31)29-20(11)36/h5-6,13-15,25,31H,1-4,7-9H2,(H2,24,35)(H,26,37)(H,27,32)(H,28,38)(H,29,36)(H,33,34)/t13-,14?,15-/m0/s1. The Balaban J connectivity index is 2.33. The van der Waals surface area contributed by atoms with Crippen molar-refractivity contribution in [1.29, 1.82) is 0 Å². The van der Waals surface area contributed by atoms with Gasteiger partial charge in [-0.3, -0.25) is 38.9 Å². The SMILES string of the molecule is NC(=O)C(CC(=O)O)NC(=O)[C@@H]1CCCCNc2c(I)cc([N+](=O)[O-])cc2C(=O)N[C@@H](CO)C(=O)NCC(=O)N1. The number of fused-ring (bicyclic) bond motifs is 1. The molecule has 40 heavy (non-hydrogen) atoms. The Kier molecular flexibility index (Phi) is 12.0. The molecule has 1 heterocycles. The number of carbonyl (C=O) groups is 6. The molecule has 0 radical (unpaired) electrons. The van der Waals surface area contributed by atoms with Crippen LogP contribution in [0.5, 0.6) is 0 Å². The van der Waals surface area contributed by atoms with Gasteiger partial charge in [-0.15, -0.1) is 0 Å². The number of nitrogens with one attached hydrogen (secondary N) is 5. The van der Waals surface area contributed by atoms with E-state index in [1.165, 1.54) is 6.07 Å². The van der Waals surface area contributed by atoms with Gasteiger partial charge in [-0.05, 0) is 41.9 Å². The second-order valence-corrected chi connectivity index (χ2v) is 9.80. The number of anilines is 1. The first-order valence-corrected chi connectivity index (χ1v) is 12.9. The Bertz CT molecular complexity index is 1190. The molecule has 1 aliphatic rings. The normalized spacial score (nSPS) is 19.5. The number of hydrogen-bond acceptors (Lipinski definition) is 10. The third kappa shape index (κ3) is 9.29. The van der Waals surface area contributed by atoms with Crippen molar-refractivity contribution in [2.24, 2.45) is 5.73 Å². The number of nitro benzene ring substituents is 1. The molecule has 2 rings (SSSR count). The summed E-state index contributed by atoms with van der Waals surface area (Å²) in [4.78, 5) is 84.0. The van der Waals surface area contributed by atoms with Crippen LogP contribution in [-0.2, 0) is 24.0 Å². The van der Waals surface area contributed by atoms with Crippen molar-refractivity contribution in [2.45, 2.75) is 43.8 Å². The van der Waals surface area contributed by atoms with Crippen LogP contribution in [0.2, 0.25) is 0 Å². The summed E-state index contributed by atoms with van der Waals surface area (Å²) in [5.74, 6) is -6.00. The summed E-state index contributed by atoms with van der Waals surface area (Å²) >= 11 is 1.81. The van der Waals surface area contributed by atoms with E-state index in [9.17, 15) is 44.0 Å². The summed E-state index contributed by atoms with van der Waals surface area (Å²) in [6.07, 6.45) is -0.0321. The zero-order valence-corrected chi connectivity index (χ0v) is 23.1. The number of benzene rings is 1. The quantitative estimate of drug-likeness (QED) is 0.0882. The maximum absolute atomic E-state index is 13.0. The van der Waals surface area contributed by atoms with Crippen LogP contribution in [0.25, 0.3) is 0 Å². The number of aliphatic hydroxyl groups is 1. The van der Waals surface area contributed by atoms with Crippen molar-refractivity contribution in [1.82, 2.24) is 21.3 Å². The van der Waals surface area contributed by atoms with Gasteiger partial charge in [-0.2, -0.15) is 0 Å². The molecule has 1 aromatic rings. The first-order chi connectivity index (χ1) is 18.8. The number of nitro groups is 1. The second-order valence-electron chi connectivity index (χ2n) is 8.64. The fourth-order valence-corrected chi connectivity index (χ4v) is 4.45. The summed E-state index contributed by atoms with van der Waals surface area (Å²) in [7, 11) is 0. The number of non-ortho nitro benzene ring substituents is 1. The lowest BCUT2D eigenvalue weighted by Crippen LogP contribution is -2.55. The minimum absolute atomic E-state index is 0.0374. The van der Waals surface area contributed by atoms with Crippen LogP contribution in [0, 0.1) is 13.7 Å². The summed E-state index contributed by atoms with van der Waals surface area (Å²) in [5, 5.41) is 42.1. The highest BCUT2D eigenvalue weighted by atomic mass is 127. The zero-order valence-electron chi connectivity index (χ0n) is 20.9.